The van der Waals surface area contributed by atoms with Gasteiger partial charge in [0, 0.05) is 51.3 Å². The van der Waals surface area contributed by atoms with Crippen molar-refractivity contribution < 1.29 is 0 Å². The van der Waals surface area contributed by atoms with E-state index in [9.17, 15) is 0 Å². The zero-order valence-electron chi connectivity index (χ0n) is 26.2. The summed E-state index contributed by atoms with van der Waals surface area (Å²) in [5, 5.41) is 8.89. The Labute approximate surface area is 285 Å². The van der Waals surface area contributed by atoms with Crippen molar-refractivity contribution in [2.24, 2.45) is 0 Å². The average molecular weight is 649 g/mol. The SMILES string of the molecule is Cc1nc(-c2cccc3c2sc2ccccc23)c2cc(Cc3cc(-c4ccc5c(c4)sc4ccccc45)c4ccccc4c3)ccc2n1. The molecule has 226 valence electrons. The molecule has 7 aromatic carbocycles. The Morgan fingerprint density at radius 3 is 2.08 bits per heavy atom. The van der Waals surface area contributed by atoms with Gasteiger partial charge in [0.05, 0.1) is 11.2 Å². The van der Waals surface area contributed by atoms with Crippen molar-refractivity contribution in [2.75, 3.05) is 0 Å². The van der Waals surface area contributed by atoms with E-state index in [1.54, 1.807) is 0 Å². The van der Waals surface area contributed by atoms with Gasteiger partial charge in [-0.1, -0.05) is 109 Å². The highest BCUT2D eigenvalue weighted by Gasteiger charge is 2.16. The minimum absolute atomic E-state index is 0.790. The molecule has 0 radical (unpaired) electrons. The predicted molar refractivity (Wildman–Crippen MR) is 208 cm³/mol. The van der Waals surface area contributed by atoms with E-state index in [0.29, 0.717) is 0 Å². The maximum absolute atomic E-state index is 5.07. The molecule has 3 heterocycles. The molecule has 0 aliphatic heterocycles. The van der Waals surface area contributed by atoms with Crippen molar-refractivity contribution in [3.8, 4) is 22.4 Å². The second kappa shape index (κ2) is 10.8. The molecule has 2 nitrogen and oxygen atoms in total. The molecule has 4 heteroatoms. The lowest BCUT2D eigenvalue weighted by Crippen LogP contribution is -1.96. The summed E-state index contributed by atoms with van der Waals surface area (Å²) in [5.74, 6) is 0.790. The highest BCUT2D eigenvalue weighted by atomic mass is 32.1. The van der Waals surface area contributed by atoms with Gasteiger partial charge in [-0.25, -0.2) is 9.97 Å². The Bertz CT molecular complexity index is 2890. The van der Waals surface area contributed by atoms with E-state index >= 15 is 0 Å². The van der Waals surface area contributed by atoms with Gasteiger partial charge in [-0.2, -0.15) is 0 Å². The van der Waals surface area contributed by atoms with Crippen molar-refractivity contribution in [1.82, 2.24) is 9.97 Å². The number of rotatable bonds is 4. The lowest BCUT2D eigenvalue weighted by atomic mass is 9.92. The Morgan fingerprint density at radius 1 is 0.479 bits per heavy atom. The molecule has 0 spiro atoms. The molecule has 0 bridgehead atoms. The maximum Gasteiger partial charge on any atom is 0.126 e. The number of benzene rings is 7. The van der Waals surface area contributed by atoms with Gasteiger partial charge in [0.15, 0.2) is 0 Å². The monoisotopic (exact) mass is 648 g/mol. The number of hydrogen-bond donors (Lipinski definition) is 0. The fraction of sp³-hybridized carbons (Fsp3) is 0.0455. The Balaban J connectivity index is 1.10. The van der Waals surface area contributed by atoms with Crippen LogP contribution in [-0.4, -0.2) is 9.97 Å². The van der Waals surface area contributed by atoms with Crippen LogP contribution < -0.4 is 0 Å². The first-order valence-electron chi connectivity index (χ1n) is 16.3. The number of aryl methyl sites for hydroxylation is 1. The molecule has 10 aromatic rings. The normalized spacial score (nSPS) is 11.9. The number of aromatic nitrogens is 2. The van der Waals surface area contributed by atoms with E-state index in [-0.39, 0.29) is 0 Å². The summed E-state index contributed by atoms with van der Waals surface area (Å²) >= 11 is 3.72. The summed E-state index contributed by atoms with van der Waals surface area (Å²) < 4.78 is 5.24. The summed E-state index contributed by atoms with van der Waals surface area (Å²) in [6.45, 7) is 1.99. The van der Waals surface area contributed by atoms with Crippen LogP contribution in [0.2, 0.25) is 0 Å². The highest BCUT2D eigenvalue weighted by molar-refractivity contribution is 7.26. The fourth-order valence-corrected chi connectivity index (χ4v) is 9.75. The maximum atomic E-state index is 5.07. The minimum Gasteiger partial charge on any atom is -0.233 e. The predicted octanol–water partition coefficient (Wildman–Crippen LogP) is 12.8. The topological polar surface area (TPSA) is 25.8 Å². The van der Waals surface area contributed by atoms with Gasteiger partial charge in [-0.15, -0.1) is 22.7 Å². The first-order valence-corrected chi connectivity index (χ1v) is 17.9. The molecular weight excluding hydrogens is 621 g/mol. The zero-order valence-corrected chi connectivity index (χ0v) is 27.8. The van der Waals surface area contributed by atoms with E-state index in [2.05, 4.69) is 140 Å². The first-order chi connectivity index (χ1) is 23.7. The number of thiophene rings is 2. The minimum atomic E-state index is 0.790. The van der Waals surface area contributed by atoms with Crippen LogP contribution in [0.25, 0.3) is 84.4 Å². The van der Waals surface area contributed by atoms with Gasteiger partial charge in [-0.05, 0) is 76.7 Å². The quantitative estimate of drug-likeness (QED) is 0.190. The summed E-state index contributed by atoms with van der Waals surface area (Å²) in [4.78, 5) is 9.93. The zero-order chi connectivity index (χ0) is 31.8. The Morgan fingerprint density at radius 2 is 1.21 bits per heavy atom. The third-order valence-corrected chi connectivity index (χ3v) is 11.9. The van der Waals surface area contributed by atoms with Crippen LogP contribution in [0.4, 0.5) is 0 Å². The molecule has 0 amide bonds. The van der Waals surface area contributed by atoms with Crippen molar-refractivity contribution >= 4 is 84.7 Å². The summed E-state index contributed by atoms with van der Waals surface area (Å²) in [6, 6.07) is 51.2. The van der Waals surface area contributed by atoms with E-state index in [1.165, 1.54) is 78.9 Å². The molecule has 10 rings (SSSR count). The lowest BCUT2D eigenvalue weighted by molar-refractivity contribution is 1.09. The van der Waals surface area contributed by atoms with Crippen molar-refractivity contribution in [3.05, 3.63) is 156 Å². The van der Waals surface area contributed by atoms with Crippen molar-refractivity contribution in [1.29, 1.82) is 0 Å². The standard InChI is InChI=1S/C44H28N2S2/c1-26-45-39-20-17-27(23-38(39)43(46-26)36-14-8-13-35-33-12-5-7-16-41(33)48-44(35)36)21-28-22-29-9-2-3-10-31(29)37(24-28)30-18-19-34-32-11-4-6-15-40(32)47-42(34)25-30/h2-20,22-25H,21H2,1H3. The van der Waals surface area contributed by atoms with E-state index < -0.39 is 0 Å². The van der Waals surface area contributed by atoms with Crippen LogP contribution in [0, 0.1) is 6.92 Å². The third kappa shape index (κ3) is 4.45. The Kier molecular flexibility index (Phi) is 6.23. The van der Waals surface area contributed by atoms with E-state index in [4.69, 9.17) is 9.97 Å². The first kappa shape index (κ1) is 27.7. The molecule has 48 heavy (non-hydrogen) atoms. The molecular formula is C44H28N2S2. The lowest BCUT2D eigenvalue weighted by Gasteiger charge is -2.13. The van der Waals surface area contributed by atoms with Gasteiger partial charge in [0.1, 0.15) is 5.82 Å². The highest BCUT2D eigenvalue weighted by Crippen LogP contribution is 2.42. The van der Waals surface area contributed by atoms with Crippen LogP contribution >= 0.6 is 22.7 Å². The summed E-state index contributed by atoms with van der Waals surface area (Å²) in [5.41, 5.74) is 8.24. The second-order valence-electron chi connectivity index (χ2n) is 12.6. The van der Waals surface area contributed by atoms with Gasteiger partial charge in [0.2, 0.25) is 0 Å². The van der Waals surface area contributed by atoms with Crippen LogP contribution in [0.5, 0.6) is 0 Å². The van der Waals surface area contributed by atoms with Gasteiger partial charge < -0.3 is 0 Å². The molecule has 0 fully saturated rings. The van der Waals surface area contributed by atoms with Crippen molar-refractivity contribution in [3.63, 3.8) is 0 Å². The van der Waals surface area contributed by atoms with Crippen LogP contribution in [0.3, 0.4) is 0 Å². The number of hydrogen-bond acceptors (Lipinski definition) is 4. The van der Waals surface area contributed by atoms with E-state index in [0.717, 1.165) is 28.8 Å². The molecule has 0 unspecified atom stereocenters. The van der Waals surface area contributed by atoms with Gasteiger partial charge >= 0.3 is 0 Å². The third-order valence-electron chi connectivity index (χ3n) is 9.55. The molecule has 0 aliphatic carbocycles. The molecule has 0 N–H and O–H groups in total. The van der Waals surface area contributed by atoms with Gasteiger partial charge in [-0.3, -0.25) is 0 Å². The fourth-order valence-electron chi connectivity index (χ4n) is 7.38. The number of fused-ring (bicyclic) bond motifs is 8. The largest absolute Gasteiger partial charge is 0.233 e. The molecule has 0 atom stereocenters. The molecule has 0 aliphatic rings. The molecule has 0 saturated heterocycles. The van der Waals surface area contributed by atoms with Crippen LogP contribution in [0.1, 0.15) is 17.0 Å². The van der Waals surface area contributed by atoms with Crippen LogP contribution in [0.15, 0.2) is 140 Å². The summed E-state index contributed by atoms with van der Waals surface area (Å²) in [7, 11) is 0. The van der Waals surface area contributed by atoms with Crippen molar-refractivity contribution in [2.45, 2.75) is 13.3 Å². The second-order valence-corrected chi connectivity index (χ2v) is 14.7. The van der Waals surface area contributed by atoms with Gasteiger partial charge in [0.25, 0.3) is 0 Å². The molecule has 0 saturated carbocycles. The molecule has 3 aromatic heterocycles. The number of nitrogens with zero attached hydrogens (tertiary/aromatic N) is 2. The smallest absolute Gasteiger partial charge is 0.126 e. The van der Waals surface area contributed by atoms with Crippen LogP contribution in [-0.2, 0) is 6.42 Å². The average Bonchev–Trinajstić information content (AvgIpc) is 3.69. The summed E-state index contributed by atoms with van der Waals surface area (Å²) in [6.07, 6.45) is 0.819. The Hall–Kier alpha value is -5.42. The van der Waals surface area contributed by atoms with E-state index in [1.807, 2.05) is 29.6 Å².